The maximum absolute atomic E-state index is 5.95. The van der Waals surface area contributed by atoms with Gasteiger partial charge in [0.1, 0.15) is 13.2 Å². The molecule has 5 heteroatoms. The highest BCUT2D eigenvalue weighted by molar-refractivity contribution is 5.43. The number of benzene rings is 2. The van der Waals surface area contributed by atoms with Crippen molar-refractivity contribution in [2.75, 3.05) is 19.8 Å². The Hall–Kier alpha value is -3.05. The van der Waals surface area contributed by atoms with Crippen LogP contribution in [-0.4, -0.2) is 24.7 Å². The van der Waals surface area contributed by atoms with Crippen molar-refractivity contribution >= 4 is 0 Å². The minimum absolute atomic E-state index is 0.517. The Morgan fingerprint density at radius 3 is 2.46 bits per heavy atom. The lowest BCUT2D eigenvalue weighted by molar-refractivity contribution is 0.269. The number of hydrogen-bond donors (Lipinski definition) is 1. The average Bonchev–Trinajstić information content (AvgIpc) is 2.74. The highest BCUT2D eigenvalue weighted by atomic mass is 16.5. The average molecular weight is 378 g/mol. The van der Waals surface area contributed by atoms with Crippen LogP contribution >= 0.6 is 0 Å². The van der Waals surface area contributed by atoms with Gasteiger partial charge in [-0.1, -0.05) is 42.5 Å². The van der Waals surface area contributed by atoms with E-state index in [2.05, 4.69) is 16.4 Å². The summed E-state index contributed by atoms with van der Waals surface area (Å²) in [5, 5.41) is 3.37. The fourth-order valence-corrected chi connectivity index (χ4v) is 2.68. The molecule has 0 aliphatic rings. The number of pyridine rings is 1. The van der Waals surface area contributed by atoms with Crippen molar-refractivity contribution in [1.82, 2.24) is 10.3 Å². The first-order valence-corrected chi connectivity index (χ1v) is 9.52. The van der Waals surface area contributed by atoms with Crippen molar-refractivity contribution in [3.8, 4) is 17.4 Å². The fourth-order valence-electron chi connectivity index (χ4n) is 2.68. The van der Waals surface area contributed by atoms with Crippen LogP contribution in [0.5, 0.6) is 17.4 Å². The zero-order valence-corrected chi connectivity index (χ0v) is 16.1. The normalized spacial score (nSPS) is 10.5. The Kier molecular flexibility index (Phi) is 7.70. The van der Waals surface area contributed by atoms with Crippen molar-refractivity contribution < 1.29 is 14.2 Å². The summed E-state index contributed by atoms with van der Waals surface area (Å²) in [7, 11) is 0. The van der Waals surface area contributed by atoms with Gasteiger partial charge in [0.25, 0.3) is 0 Å². The van der Waals surface area contributed by atoms with Crippen LogP contribution in [-0.2, 0) is 13.2 Å². The van der Waals surface area contributed by atoms with Gasteiger partial charge in [0, 0.05) is 25.4 Å². The van der Waals surface area contributed by atoms with Gasteiger partial charge in [-0.25, -0.2) is 4.98 Å². The largest absolute Gasteiger partial charge is 0.490 e. The number of nitrogens with one attached hydrogen (secondary N) is 1. The third kappa shape index (κ3) is 6.28. The van der Waals surface area contributed by atoms with E-state index in [-0.39, 0.29) is 0 Å². The van der Waals surface area contributed by atoms with Crippen LogP contribution in [0.1, 0.15) is 18.1 Å². The molecule has 0 unspecified atom stereocenters. The van der Waals surface area contributed by atoms with Gasteiger partial charge in [-0.15, -0.1) is 0 Å². The number of rotatable bonds is 11. The first kappa shape index (κ1) is 19.7. The number of hydrogen-bond acceptors (Lipinski definition) is 5. The maximum Gasteiger partial charge on any atom is 0.213 e. The van der Waals surface area contributed by atoms with Crippen LogP contribution in [0.2, 0.25) is 0 Å². The zero-order chi connectivity index (χ0) is 19.4. The standard InChI is InChI=1S/C23H26N2O3/c1-2-26-22-16-20(17-24-14-15-27-23-10-6-7-13-25-23)11-12-21(22)28-18-19-8-4-3-5-9-19/h3-13,16,24H,2,14-15,17-18H2,1H3. The number of ether oxygens (including phenoxy) is 3. The predicted octanol–water partition coefficient (Wildman–Crippen LogP) is 4.23. The van der Waals surface area contributed by atoms with Crippen LogP contribution < -0.4 is 19.5 Å². The first-order chi connectivity index (χ1) is 13.8. The molecule has 0 bridgehead atoms. The second-order valence-corrected chi connectivity index (χ2v) is 6.18. The molecule has 146 valence electrons. The van der Waals surface area contributed by atoms with Gasteiger partial charge in [-0.05, 0) is 36.2 Å². The van der Waals surface area contributed by atoms with E-state index >= 15 is 0 Å². The van der Waals surface area contributed by atoms with Crippen LogP contribution in [0.15, 0.2) is 72.9 Å². The number of aromatic nitrogens is 1. The highest BCUT2D eigenvalue weighted by Crippen LogP contribution is 2.29. The molecule has 0 radical (unpaired) electrons. The third-order valence-electron chi connectivity index (χ3n) is 4.04. The Morgan fingerprint density at radius 1 is 0.821 bits per heavy atom. The fraction of sp³-hybridized carbons (Fsp3) is 0.261. The van der Waals surface area contributed by atoms with E-state index in [0.717, 1.165) is 35.7 Å². The highest BCUT2D eigenvalue weighted by Gasteiger charge is 2.07. The van der Waals surface area contributed by atoms with E-state index in [1.165, 1.54) is 0 Å². The Bertz CT molecular complexity index is 826. The molecule has 0 saturated carbocycles. The monoisotopic (exact) mass is 378 g/mol. The summed E-state index contributed by atoms with van der Waals surface area (Å²) in [6.45, 7) is 5.10. The summed E-state index contributed by atoms with van der Waals surface area (Å²) in [5.74, 6) is 2.17. The van der Waals surface area contributed by atoms with E-state index in [1.54, 1.807) is 6.20 Å². The van der Waals surface area contributed by atoms with E-state index in [9.17, 15) is 0 Å². The summed E-state index contributed by atoms with van der Waals surface area (Å²) in [4.78, 5) is 4.14. The van der Waals surface area contributed by atoms with E-state index < -0.39 is 0 Å². The molecule has 2 aromatic carbocycles. The molecule has 1 heterocycles. The Morgan fingerprint density at radius 2 is 1.68 bits per heavy atom. The van der Waals surface area contributed by atoms with Gasteiger partial charge in [0.15, 0.2) is 11.5 Å². The summed E-state index contributed by atoms with van der Waals surface area (Å²) >= 11 is 0. The molecule has 0 atom stereocenters. The molecular formula is C23H26N2O3. The van der Waals surface area contributed by atoms with Crippen LogP contribution in [0.3, 0.4) is 0 Å². The van der Waals surface area contributed by atoms with Gasteiger partial charge < -0.3 is 19.5 Å². The topological polar surface area (TPSA) is 52.6 Å². The molecule has 0 fully saturated rings. The van der Waals surface area contributed by atoms with Crippen molar-refractivity contribution in [3.05, 3.63) is 84.1 Å². The molecule has 28 heavy (non-hydrogen) atoms. The van der Waals surface area contributed by atoms with Crippen molar-refractivity contribution in [3.63, 3.8) is 0 Å². The molecule has 1 aromatic heterocycles. The predicted molar refractivity (Wildman–Crippen MR) is 110 cm³/mol. The summed E-state index contributed by atoms with van der Waals surface area (Å²) in [5.41, 5.74) is 2.26. The van der Waals surface area contributed by atoms with Crippen LogP contribution in [0.4, 0.5) is 0 Å². The summed E-state index contributed by atoms with van der Waals surface area (Å²) in [6, 6.07) is 21.8. The molecule has 3 aromatic rings. The van der Waals surface area contributed by atoms with Crippen LogP contribution in [0, 0.1) is 0 Å². The first-order valence-electron chi connectivity index (χ1n) is 9.52. The Labute approximate surface area is 166 Å². The minimum Gasteiger partial charge on any atom is -0.490 e. The molecule has 5 nitrogen and oxygen atoms in total. The minimum atomic E-state index is 0.517. The molecule has 0 aliphatic heterocycles. The smallest absolute Gasteiger partial charge is 0.213 e. The molecule has 0 amide bonds. The summed E-state index contributed by atoms with van der Waals surface area (Å²) in [6.07, 6.45) is 1.72. The lowest BCUT2D eigenvalue weighted by Crippen LogP contribution is -2.20. The second kappa shape index (κ2) is 10.9. The van der Waals surface area contributed by atoms with Crippen molar-refractivity contribution in [1.29, 1.82) is 0 Å². The van der Waals surface area contributed by atoms with E-state index in [0.29, 0.717) is 25.7 Å². The van der Waals surface area contributed by atoms with Crippen molar-refractivity contribution in [2.24, 2.45) is 0 Å². The van der Waals surface area contributed by atoms with Gasteiger partial charge >= 0.3 is 0 Å². The zero-order valence-electron chi connectivity index (χ0n) is 16.1. The lowest BCUT2D eigenvalue weighted by atomic mass is 10.2. The quantitative estimate of drug-likeness (QED) is 0.506. The third-order valence-corrected chi connectivity index (χ3v) is 4.04. The molecular weight excluding hydrogens is 352 g/mol. The SMILES string of the molecule is CCOc1cc(CNCCOc2ccccn2)ccc1OCc1ccccc1. The maximum atomic E-state index is 5.95. The Balaban J connectivity index is 1.48. The lowest BCUT2D eigenvalue weighted by Gasteiger charge is -2.14. The molecule has 0 aliphatic carbocycles. The molecule has 1 N–H and O–H groups in total. The van der Waals surface area contributed by atoms with Crippen molar-refractivity contribution in [2.45, 2.75) is 20.1 Å². The van der Waals surface area contributed by atoms with E-state index in [1.807, 2.05) is 67.6 Å². The summed E-state index contributed by atoms with van der Waals surface area (Å²) < 4.78 is 17.3. The number of nitrogens with zero attached hydrogens (tertiary/aromatic N) is 1. The molecule has 0 saturated heterocycles. The molecule has 0 spiro atoms. The van der Waals surface area contributed by atoms with Gasteiger partial charge in [0.05, 0.1) is 6.61 Å². The molecule has 3 rings (SSSR count). The van der Waals surface area contributed by atoms with Gasteiger partial charge in [-0.3, -0.25) is 0 Å². The van der Waals surface area contributed by atoms with Gasteiger partial charge in [-0.2, -0.15) is 0 Å². The van der Waals surface area contributed by atoms with Gasteiger partial charge in [0.2, 0.25) is 5.88 Å². The van der Waals surface area contributed by atoms with E-state index in [4.69, 9.17) is 14.2 Å². The van der Waals surface area contributed by atoms with Crippen LogP contribution in [0.25, 0.3) is 0 Å². The second-order valence-electron chi connectivity index (χ2n) is 6.18.